The van der Waals surface area contributed by atoms with Crippen molar-refractivity contribution in [3.8, 4) is 5.75 Å². The van der Waals surface area contributed by atoms with Crippen LogP contribution in [-0.2, 0) is 6.42 Å². The number of ether oxygens (including phenoxy) is 1. The van der Waals surface area contributed by atoms with Gasteiger partial charge in [0.15, 0.2) is 5.96 Å². The zero-order valence-electron chi connectivity index (χ0n) is 16.3. The molecule has 0 radical (unpaired) electrons. The monoisotopic (exact) mass is 462 g/mol. The first kappa shape index (κ1) is 24.0. The summed E-state index contributed by atoms with van der Waals surface area (Å²) < 4.78 is 5.18. The summed E-state index contributed by atoms with van der Waals surface area (Å²) >= 11 is 0. The highest BCUT2D eigenvalue weighted by Gasteiger charge is 2.07. The Morgan fingerprint density at radius 2 is 1.64 bits per heavy atom. The number of aliphatic imine (C=N–C) groups is 1. The first-order chi connectivity index (χ1) is 11.4. The number of benzene rings is 1. The van der Waals surface area contributed by atoms with E-state index in [0.717, 1.165) is 50.6 Å². The number of guanidine groups is 1. The summed E-state index contributed by atoms with van der Waals surface area (Å²) in [7, 11) is 3.50. The summed E-state index contributed by atoms with van der Waals surface area (Å²) in [6, 6.07) is 8.31. The molecule has 1 aromatic carbocycles. The van der Waals surface area contributed by atoms with Gasteiger partial charge in [0.25, 0.3) is 0 Å². The maximum atomic E-state index is 5.18. The first-order valence-corrected chi connectivity index (χ1v) is 8.77. The van der Waals surface area contributed by atoms with Crippen LogP contribution in [0, 0.1) is 0 Å². The van der Waals surface area contributed by atoms with Crippen LogP contribution in [0.3, 0.4) is 0 Å². The third-order valence-corrected chi connectivity index (χ3v) is 3.64. The summed E-state index contributed by atoms with van der Waals surface area (Å²) in [6.07, 6.45) is 3.36. The standard InChI is InChI=1S/C19H34N4O.HI/c1-19(2,3)23-15-14-22-18(20-4)21-13-7-6-8-16-9-11-17(24-5)12-10-16;/h9-12,23H,6-8,13-15H2,1-5H3,(H2,20,21,22);1H. The van der Waals surface area contributed by atoms with Crippen LogP contribution < -0.4 is 20.7 Å². The molecule has 0 heterocycles. The molecule has 1 rings (SSSR count). The SMILES string of the molecule is CN=C(NCCCCc1ccc(OC)cc1)NCCNC(C)(C)C.I. The zero-order valence-corrected chi connectivity index (χ0v) is 18.6. The molecule has 0 spiro atoms. The molecule has 0 unspecified atom stereocenters. The molecule has 0 aliphatic rings. The van der Waals surface area contributed by atoms with Crippen LogP contribution in [0.5, 0.6) is 5.75 Å². The molecule has 0 aromatic heterocycles. The fraction of sp³-hybridized carbons (Fsp3) is 0.632. The van der Waals surface area contributed by atoms with Crippen molar-refractivity contribution in [3.05, 3.63) is 29.8 Å². The molecule has 0 aliphatic carbocycles. The number of unbranched alkanes of at least 4 members (excludes halogenated alkanes) is 1. The molecule has 6 heteroatoms. The average Bonchev–Trinajstić information content (AvgIpc) is 2.56. The normalized spacial score (nSPS) is 11.6. The molecule has 0 saturated carbocycles. The highest BCUT2D eigenvalue weighted by molar-refractivity contribution is 14.0. The van der Waals surface area contributed by atoms with E-state index in [4.69, 9.17) is 4.74 Å². The van der Waals surface area contributed by atoms with Gasteiger partial charge in [-0.05, 0) is 57.7 Å². The molecule has 25 heavy (non-hydrogen) atoms. The molecule has 0 saturated heterocycles. The van der Waals surface area contributed by atoms with E-state index in [1.807, 2.05) is 19.2 Å². The summed E-state index contributed by atoms with van der Waals surface area (Å²) in [5.74, 6) is 1.78. The summed E-state index contributed by atoms with van der Waals surface area (Å²) in [4.78, 5) is 4.25. The largest absolute Gasteiger partial charge is 0.497 e. The number of hydrogen-bond acceptors (Lipinski definition) is 3. The zero-order chi connectivity index (χ0) is 17.8. The van der Waals surface area contributed by atoms with Gasteiger partial charge in [-0.25, -0.2) is 0 Å². The van der Waals surface area contributed by atoms with Crippen molar-refractivity contribution in [3.63, 3.8) is 0 Å². The van der Waals surface area contributed by atoms with Crippen molar-refractivity contribution in [2.75, 3.05) is 33.8 Å². The van der Waals surface area contributed by atoms with Gasteiger partial charge >= 0.3 is 0 Å². The molecule has 0 amide bonds. The lowest BCUT2D eigenvalue weighted by atomic mass is 10.1. The Kier molecular flexibility index (Phi) is 12.7. The van der Waals surface area contributed by atoms with Crippen molar-refractivity contribution < 1.29 is 4.74 Å². The Morgan fingerprint density at radius 3 is 2.20 bits per heavy atom. The number of rotatable bonds is 9. The summed E-state index contributed by atoms with van der Waals surface area (Å²) in [5.41, 5.74) is 1.51. The Balaban J connectivity index is 0.00000576. The molecule has 3 N–H and O–H groups in total. The van der Waals surface area contributed by atoms with Crippen molar-refractivity contribution in [2.45, 2.75) is 45.6 Å². The van der Waals surface area contributed by atoms with E-state index in [9.17, 15) is 0 Å². The van der Waals surface area contributed by atoms with E-state index in [2.05, 4.69) is 53.8 Å². The predicted octanol–water partition coefficient (Wildman–Crippen LogP) is 3.19. The van der Waals surface area contributed by atoms with Crippen LogP contribution in [0.15, 0.2) is 29.3 Å². The second-order valence-electron chi connectivity index (χ2n) is 6.91. The van der Waals surface area contributed by atoms with E-state index >= 15 is 0 Å². The minimum Gasteiger partial charge on any atom is -0.497 e. The quantitative estimate of drug-likeness (QED) is 0.228. The van der Waals surface area contributed by atoms with E-state index in [1.54, 1.807) is 7.11 Å². The summed E-state index contributed by atoms with van der Waals surface area (Å²) in [6.45, 7) is 9.22. The average molecular weight is 462 g/mol. The molecule has 0 aliphatic heterocycles. The number of nitrogens with zero attached hydrogens (tertiary/aromatic N) is 1. The third kappa shape index (κ3) is 12.0. The van der Waals surface area contributed by atoms with Crippen molar-refractivity contribution in [2.24, 2.45) is 4.99 Å². The van der Waals surface area contributed by atoms with E-state index in [-0.39, 0.29) is 29.5 Å². The molecular weight excluding hydrogens is 427 g/mol. The Hall–Kier alpha value is -1.02. The maximum Gasteiger partial charge on any atom is 0.191 e. The van der Waals surface area contributed by atoms with E-state index in [0.29, 0.717) is 0 Å². The van der Waals surface area contributed by atoms with Crippen LogP contribution in [0.1, 0.15) is 39.2 Å². The molecule has 5 nitrogen and oxygen atoms in total. The van der Waals surface area contributed by atoms with Gasteiger partial charge in [0.2, 0.25) is 0 Å². The fourth-order valence-electron chi connectivity index (χ4n) is 2.29. The van der Waals surface area contributed by atoms with Gasteiger partial charge in [0.05, 0.1) is 7.11 Å². The Labute approximate surface area is 170 Å². The van der Waals surface area contributed by atoms with E-state index in [1.165, 1.54) is 5.56 Å². The fourth-order valence-corrected chi connectivity index (χ4v) is 2.29. The minimum absolute atomic E-state index is 0. The van der Waals surface area contributed by atoms with Crippen molar-refractivity contribution >= 4 is 29.9 Å². The van der Waals surface area contributed by atoms with Crippen molar-refractivity contribution in [1.29, 1.82) is 0 Å². The first-order valence-electron chi connectivity index (χ1n) is 8.77. The predicted molar refractivity (Wildman–Crippen MR) is 118 cm³/mol. The third-order valence-electron chi connectivity index (χ3n) is 3.64. The smallest absolute Gasteiger partial charge is 0.191 e. The highest BCUT2D eigenvalue weighted by atomic mass is 127. The Bertz CT molecular complexity index is 483. The second kappa shape index (κ2) is 13.2. The second-order valence-corrected chi connectivity index (χ2v) is 6.91. The lowest BCUT2D eigenvalue weighted by Gasteiger charge is -2.21. The molecule has 1 aromatic rings. The van der Waals surface area contributed by atoms with Crippen LogP contribution in [0.25, 0.3) is 0 Å². The molecule has 0 bridgehead atoms. The lowest BCUT2D eigenvalue weighted by Crippen LogP contribution is -2.44. The van der Waals surface area contributed by atoms with Crippen LogP contribution >= 0.6 is 24.0 Å². The minimum atomic E-state index is 0. The lowest BCUT2D eigenvalue weighted by molar-refractivity contribution is 0.414. The molecular formula is C19H35IN4O. The van der Waals surface area contributed by atoms with Crippen molar-refractivity contribution in [1.82, 2.24) is 16.0 Å². The van der Waals surface area contributed by atoms with Gasteiger partial charge in [0, 0.05) is 32.2 Å². The highest BCUT2D eigenvalue weighted by Crippen LogP contribution is 2.12. The molecule has 144 valence electrons. The van der Waals surface area contributed by atoms with E-state index < -0.39 is 0 Å². The summed E-state index contributed by atoms with van der Waals surface area (Å²) in [5, 5.41) is 10.1. The number of halogens is 1. The van der Waals surface area contributed by atoms with Crippen LogP contribution in [0.2, 0.25) is 0 Å². The van der Waals surface area contributed by atoms with Crippen LogP contribution in [0.4, 0.5) is 0 Å². The van der Waals surface area contributed by atoms with Gasteiger partial charge < -0.3 is 20.7 Å². The molecule has 0 fully saturated rings. The number of nitrogens with one attached hydrogen (secondary N) is 3. The molecule has 0 atom stereocenters. The van der Waals surface area contributed by atoms with Gasteiger partial charge in [-0.2, -0.15) is 0 Å². The van der Waals surface area contributed by atoms with Crippen LogP contribution in [-0.4, -0.2) is 45.3 Å². The number of methoxy groups -OCH3 is 1. The number of aryl methyl sites for hydroxylation is 1. The van der Waals surface area contributed by atoms with Gasteiger partial charge in [0.1, 0.15) is 5.75 Å². The topological polar surface area (TPSA) is 57.7 Å². The Morgan fingerprint density at radius 1 is 1.00 bits per heavy atom. The van der Waals surface area contributed by atoms with Gasteiger partial charge in [-0.3, -0.25) is 4.99 Å². The maximum absolute atomic E-state index is 5.18. The van der Waals surface area contributed by atoms with Gasteiger partial charge in [-0.1, -0.05) is 12.1 Å². The van der Waals surface area contributed by atoms with Gasteiger partial charge in [-0.15, -0.1) is 24.0 Å². The number of hydrogen-bond donors (Lipinski definition) is 3.